The number of likely N-dealkylation sites (tertiary alicyclic amines) is 1. The average molecular weight is 488 g/mol. The summed E-state index contributed by atoms with van der Waals surface area (Å²) in [5, 5.41) is 0.691. The molecule has 0 bridgehead atoms. The molecule has 2 aliphatic rings. The van der Waals surface area contributed by atoms with E-state index in [0.29, 0.717) is 55.3 Å². The van der Waals surface area contributed by atoms with Gasteiger partial charge in [-0.2, -0.15) is 0 Å². The van der Waals surface area contributed by atoms with Crippen LogP contribution in [0, 0.1) is 0 Å². The third kappa shape index (κ3) is 4.98. The van der Waals surface area contributed by atoms with Crippen LogP contribution in [-0.4, -0.2) is 66.1 Å². The fourth-order valence-electron chi connectivity index (χ4n) is 4.89. The molecule has 2 aliphatic heterocycles. The van der Waals surface area contributed by atoms with Crippen molar-refractivity contribution in [3.05, 3.63) is 62.5 Å². The molecule has 1 atom stereocenters. The molecule has 0 unspecified atom stereocenters. The van der Waals surface area contributed by atoms with Gasteiger partial charge < -0.3 is 18.9 Å². The summed E-state index contributed by atoms with van der Waals surface area (Å²) in [6.07, 6.45) is 2.74. The second-order valence-electron chi connectivity index (χ2n) is 8.71. The monoisotopic (exact) mass is 487 g/mol. The molecular formula is C25H30ClN3O5. The van der Waals surface area contributed by atoms with Crippen LogP contribution >= 0.6 is 11.6 Å². The number of methoxy groups -OCH3 is 2. The van der Waals surface area contributed by atoms with E-state index in [2.05, 4.69) is 4.90 Å². The van der Waals surface area contributed by atoms with E-state index in [-0.39, 0.29) is 17.2 Å². The summed E-state index contributed by atoms with van der Waals surface area (Å²) in [6, 6.07) is 8.47. The number of aromatic nitrogens is 1. The number of carbonyl (C=O) groups is 2. The quantitative estimate of drug-likeness (QED) is 0.603. The summed E-state index contributed by atoms with van der Waals surface area (Å²) < 4.78 is 12.1. The van der Waals surface area contributed by atoms with E-state index in [1.807, 2.05) is 24.3 Å². The fraction of sp³-hybridized carbons (Fsp3) is 0.480. The van der Waals surface area contributed by atoms with Gasteiger partial charge in [0.05, 0.1) is 14.2 Å². The van der Waals surface area contributed by atoms with Crippen molar-refractivity contribution in [1.29, 1.82) is 0 Å². The van der Waals surface area contributed by atoms with Crippen molar-refractivity contribution in [2.24, 2.45) is 0 Å². The van der Waals surface area contributed by atoms with Crippen LogP contribution in [0.15, 0.2) is 35.1 Å². The lowest BCUT2D eigenvalue weighted by atomic mass is 9.99. The van der Waals surface area contributed by atoms with Crippen LogP contribution in [0.3, 0.4) is 0 Å². The van der Waals surface area contributed by atoms with Crippen LogP contribution in [-0.2, 0) is 29.0 Å². The van der Waals surface area contributed by atoms with Crippen LogP contribution in [0.5, 0.6) is 5.75 Å². The summed E-state index contributed by atoms with van der Waals surface area (Å²) in [7, 11) is 2.80. The number of fused-ring (bicyclic) bond motifs is 1. The molecule has 182 valence electrons. The smallest absolute Gasteiger partial charge is 0.328 e. The maximum absolute atomic E-state index is 13.8. The number of hydrogen-bond acceptors (Lipinski definition) is 6. The molecule has 1 aromatic carbocycles. The lowest BCUT2D eigenvalue weighted by molar-refractivity contribution is -0.147. The first-order valence-corrected chi connectivity index (χ1v) is 12.0. The Morgan fingerprint density at radius 3 is 2.53 bits per heavy atom. The number of piperidine rings is 1. The molecule has 0 radical (unpaired) electrons. The highest BCUT2D eigenvalue weighted by Gasteiger charge is 2.36. The third-order valence-electron chi connectivity index (χ3n) is 6.68. The topological polar surface area (TPSA) is 81.1 Å². The zero-order valence-electron chi connectivity index (χ0n) is 19.6. The molecule has 1 fully saturated rings. The Bertz CT molecular complexity index is 1110. The van der Waals surface area contributed by atoms with Gasteiger partial charge >= 0.3 is 5.97 Å². The summed E-state index contributed by atoms with van der Waals surface area (Å²) >= 11 is 6.01. The van der Waals surface area contributed by atoms with Gasteiger partial charge in [0.2, 0.25) is 0 Å². The van der Waals surface area contributed by atoms with Crippen molar-refractivity contribution in [3.63, 3.8) is 0 Å². The van der Waals surface area contributed by atoms with E-state index in [1.54, 1.807) is 9.47 Å². The number of esters is 1. The summed E-state index contributed by atoms with van der Waals surface area (Å²) in [6.45, 7) is 2.99. The Kier molecular flexibility index (Phi) is 7.58. The first kappa shape index (κ1) is 24.3. The summed E-state index contributed by atoms with van der Waals surface area (Å²) in [4.78, 5) is 42.9. The lowest BCUT2D eigenvalue weighted by Crippen LogP contribution is -2.49. The van der Waals surface area contributed by atoms with Crippen LogP contribution in [0.4, 0.5) is 0 Å². The van der Waals surface area contributed by atoms with Gasteiger partial charge in [0.1, 0.15) is 17.4 Å². The number of rotatable bonds is 5. The fourth-order valence-corrected chi connectivity index (χ4v) is 5.02. The minimum atomic E-state index is -0.629. The zero-order valence-corrected chi connectivity index (χ0v) is 20.3. The molecule has 2 aromatic rings. The molecule has 1 aromatic heterocycles. The highest BCUT2D eigenvalue weighted by atomic mass is 35.5. The predicted molar refractivity (Wildman–Crippen MR) is 128 cm³/mol. The van der Waals surface area contributed by atoms with Crippen LogP contribution in [0.25, 0.3) is 0 Å². The van der Waals surface area contributed by atoms with Crippen molar-refractivity contribution in [1.82, 2.24) is 14.4 Å². The number of halogens is 1. The van der Waals surface area contributed by atoms with Crippen molar-refractivity contribution in [2.75, 3.05) is 33.9 Å². The van der Waals surface area contributed by atoms with Crippen molar-refractivity contribution in [2.45, 2.75) is 44.8 Å². The number of carbonyl (C=O) groups excluding carboxylic acids is 2. The predicted octanol–water partition coefficient (Wildman–Crippen LogP) is 2.74. The van der Waals surface area contributed by atoms with E-state index in [1.165, 1.54) is 20.3 Å². The minimum Gasteiger partial charge on any atom is -0.496 e. The number of hydrogen-bond donors (Lipinski definition) is 0. The zero-order chi connectivity index (χ0) is 24.2. The van der Waals surface area contributed by atoms with E-state index in [4.69, 9.17) is 21.1 Å². The Morgan fingerprint density at radius 1 is 1.06 bits per heavy atom. The Labute approximate surface area is 204 Å². The van der Waals surface area contributed by atoms with E-state index < -0.39 is 12.0 Å². The van der Waals surface area contributed by atoms with Crippen LogP contribution in [0.1, 0.15) is 40.9 Å². The van der Waals surface area contributed by atoms with Gasteiger partial charge in [0, 0.05) is 55.9 Å². The molecular weight excluding hydrogens is 458 g/mol. The molecule has 0 N–H and O–H groups in total. The van der Waals surface area contributed by atoms with Crippen molar-refractivity contribution < 1.29 is 19.1 Å². The second-order valence-corrected chi connectivity index (χ2v) is 9.15. The minimum absolute atomic E-state index is 0.195. The maximum Gasteiger partial charge on any atom is 0.328 e. The molecule has 3 heterocycles. The van der Waals surface area contributed by atoms with Gasteiger partial charge in [-0.05, 0) is 37.0 Å². The molecule has 0 spiro atoms. The second kappa shape index (κ2) is 10.6. The largest absolute Gasteiger partial charge is 0.496 e. The maximum atomic E-state index is 13.8. The van der Waals surface area contributed by atoms with Gasteiger partial charge in [-0.3, -0.25) is 14.5 Å². The first-order valence-electron chi connectivity index (χ1n) is 11.6. The van der Waals surface area contributed by atoms with Crippen LogP contribution < -0.4 is 10.3 Å². The van der Waals surface area contributed by atoms with Gasteiger partial charge in [-0.25, -0.2) is 4.79 Å². The number of pyridine rings is 1. The Morgan fingerprint density at radius 2 is 1.82 bits per heavy atom. The van der Waals surface area contributed by atoms with Crippen molar-refractivity contribution >= 4 is 23.5 Å². The number of nitrogens with zero attached hydrogens (tertiary/aromatic N) is 3. The number of amides is 1. The SMILES string of the molecule is COC(=O)[C@@H]1CCCCN1C(=O)c1c(OC)cc(=O)n2c1CCN(Cc1ccc(Cl)cc1)CC2. The highest BCUT2D eigenvalue weighted by Crippen LogP contribution is 2.28. The standard InChI is InChI=1S/C25H30ClN3O5/c1-33-21-15-22(30)28-14-13-27(16-17-6-8-18(26)9-7-17)12-10-19(28)23(21)24(31)29-11-4-3-5-20(29)25(32)34-2/h6-9,15,20H,3-5,10-14,16H2,1-2H3/t20-/m0/s1. The van der Waals surface area contributed by atoms with E-state index in [9.17, 15) is 14.4 Å². The Balaban J connectivity index is 1.65. The lowest BCUT2D eigenvalue weighted by Gasteiger charge is -2.34. The molecule has 4 rings (SSSR count). The molecule has 1 saturated heterocycles. The number of ether oxygens (including phenoxy) is 2. The summed E-state index contributed by atoms with van der Waals surface area (Å²) in [5.74, 6) is -0.455. The van der Waals surface area contributed by atoms with Crippen LogP contribution in [0.2, 0.25) is 5.02 Å². The molecule has 1 amide bonds. The van der Waals surface area contributed by atoms with Gasteiger partial charge in [0.15, 0.2) is 0 Å². The molecule has 9 heteroatoms. The third-order valence-corrected chi connectivity index (χ3v) is 6.93. The van der Waals surface area contributed by atoms with Gasteiger partial charge in [-0.1, -0.05) is 23.7 Å². The van der Waals surface area contributed by atoms with E-state index in [0.717, 1.165) is 24.9 Å². The van der Waals surface area contributed by atoms with Gasteiger partial charge in [0.25, 0.3) is 11.5 Å². The molecule has 8 nitrogen and oxygen atoms in total. The average Bonchev–Trinajstić information content (AvgIpc) is 3.07. The highest BCUT2D eigenvalue weighted by molar-refractivity contribution is 6.30. The Hall–Kier alpha value is -2.84. The normalized spacial score (nSPS) is 18.7. The molecule has 0 aliphatic carbocycles. The van der Waals surface area contributed by atoms with Gasteiger partial charge in [-0.15, -0.1) is 0 Å². The summed E-state index contributed by atoms with van der Waals surface area (Å²) in [5.41, 5.74) is 1.96. The van der Waals surface area contributed by atoms with Crippen molar-refractivity contribution in [3.8, 4) is 5.75 Å². The first-order chi connectivity index (χ1) is 16.4. The van der Waals surface area contributed by atoms with E-state index >= 15 is 0 Å². The molecule has 0 saturated carbocycles. The number of benzene rings is 1. The molecule has 34 heavy (non-hydrogen) atoms.